The van der Waals surface area contributed by atoms with Crippen LogP contribution in [0.2, 0.25) is 0 Å². The van der Waals surface area contributed by atoms with Crippen LogP contribution in [-0.2, 0) is 16.0 Å². The van der Waals surface area contributed by atoms with E-state index < -0.39 is 17.7 Å². The molecule has 0 radical (unpaired) electrons. The Morgan fingerprint density at radius 1 is 0.857 bits per heavy atom. The molecule has 1 aliphatic rings. The van der Waals surface area contributed by atoms with Gasteiger partial charge in [0.15, 0.2) is 11.5 Å². The summed E-state index contributed by atoms with van der Waals surface area (Å²) in [5.74, 6) is 0.136. The first kappa shape index (κ1) is 23.9. The SMILES string of the molecule is COc1cccc(C(O)=C2C(=O)C(=O)N(CCc3ccc(OC)c(OC)c3)[C@@H]2c2ccccc2)c1. The van der Waals surface area contributed by atoms with Gasteiger partial charge in [0.1, 0.15) is 11.5 Å². The minimum Gasteiger partial charge on any atom is -0.507 e. The van der Waals surface area contributed by atoms with Crippen molar-refractivity contribution in [2.45, 2.75) is 12.5 Å². The van der Waals surface area contributed by atoms with Gasteiger partial charge in [0.2, 0.25) is 0 Å². The van der Waals surface area contributed by atoms with Crippen LogP contribution in [0, 0.1) is 0 Å². The molecule has 1 aliphatic heterocycles. The van der Waals surface area contributed by atoms with Crippen LogP contribution >= 0.6 is 0 Å². The number of benzene rings is 3. The first-order valence-electron chi connectivity index (χ1n) is 11.2. The Morgan fingerprint density at radius 2 is 1.60 bits per heavy atom. The third kappa shape index (κ3) is 4.71. The average Bonchev–Trinajstić information content (AvgIpc) is 3.16. The highest BCUT2D eigenvalue weighted by Crippen LogP contribution is 2.40. The van der Waals surface area contributed by atoms with Crippen molar-refractivity contribution in [2.24, 2.45) is 0 Å². The van der Waals surface area contributed by atoms with Gasteiger partial charge in [0, 0.05) is 12.1 Å². The molecule has 0 saturated carbocycles. The first-order chi connectivity index (χ1) is 17.0. The van der Waals surface area contributed by atoms with Gasteiger partial charge in [-0.15, -0.1) is 0 Å². The highest BCUT2D eigenvalue weighted by atomic mass is 16.5. The summed E-state index contributed by atoms with van der Waals surface area (Å²) in [5.41, 5.74) is 2.12. The Balaban J connectivity index is 1.73. The standard InChI is InChI=1S/C28H27NO6/c1-33-21-11-7-10-20(17-21)26(30)24-25(19-8-5-4-6-9-19)29(28(32)27(24)31)15-14-18-12-13-22(34-2)23(16-18)35-3/h4-13,16-17,25,30H,14-15H2,1-3H3/t25-/m1/s1. The van der Waals surface area contributed by atoms with E-state index in [4.69, 9.17) is 14.2 Å². The van der Waals surface area contributed by atoms with E-state index in [1.54, 1.807) is 44.6 Å². The second-order valence-electron chi connectivity index (χ2n) is 8.07. The summed E-state index contributed by atoms with van der Waals surface area (Å²) >= 11 is 0. The fourth-order valence-electron chi connectivity index (χ4n) is 4.30. The van der Waals surface area contributed by atoms with Gasteiger partial charge in [0.05, 0.1) is 32.9 Å². The number of ketones is 1. The maximum absolute atomic E-state index is 13.2. The Kier molecular flexibility index (Phi) is 7.06. The quantitative estimate of drug-likeness (QED) is 0.297. The van der Waals surface area contributed by atoms with Crippen LogP contribution < -0.4 is 14.2 Å². The number of nitrogens with zero attached hydrogens (tertiary/aromatic N) is 1. The highest BCUT2D eigenvalue weighted by Gasteiger charge is 2.45. The molecule has 1 atom stereocenters. The largest absolute Gasteiger partial charge is 0.507 e. The van der Waals surface area contributed by atoms with E-state index in [9.17, 15) is 14.7 Å². The maximum Gasteiger partial charge on any atom is 0.295 e. The lowest BCUT2D eigenvalue weighted by Crippen LogP contribution is -2.31. The maximum atomic E-state index is 13.2. The Labute approximate surface area is 204 Å². The van der Waals surface area contributed by atoms with Gasteiger partial charge < -0.3 is 24.2 Å². The lowest BCUT2D eigenvalue weighted by Gasteiger charge is -2.25. The number of carbonyl (C=O) groups is 2. The number of carbonyl (C=O) groups excluding carboxylic acids is 2. The molecule has 4 rings (SSSR count). The zero-order valence-corrected chi connectivity index (χ0v) is 19.9. The number of hydrogen-bond donors (Lipinski definition) is 1. The Bertz CT molecular complexity index is 1270. The van der Waals surface area contributed by atoms with Crippen molar-refractivity contribution in [1.82, 2.24) is 4.90 Å². The lowest BCUT2D eigenvalue weighted by molar-refractivity contribution is -0.139. The number of aliphatic hydroxyl groups excluding tert-OH is 1. The molecule has 7 heteroatoms. The van der Waals surface area contributed by atoms with Gasteiger partial charge in [-0.2, -0.15) is 0 Å². The van der Waals surface area contributed by atoms with Crippen LogP contribution in [0.25, 0.3) is 5.76 Å². The Morgan fingerprint density at radius 3 is 2.29 bits per heavy atom. The van der Waals surface area contributed by atoms with Gasteiger partial charge in [-0.25, -0.2) is 0 Å². The molecular formula is C28H27NO6. The fraction of sp³-hybridized carbons (Fsp3) is 0.214. The topological polar surface area (TPSA) is 85.3 Å². The molecule has 0 bridgehead atoms. The van der Waals surface area contributed by atoms with Crippen molar-refractivity contribution < 1.29 is 28.9 Å². The second kappa shape index (κ2) is 10.3. The van der Waals surface area contributed by atoms with Crippen molar-refractivity contribution in [2.75, 3.05) is 27.9 Å². The molecule has 1 heterocycles. The smallest absolute Gasteiger partial charge is 0.295 e. The number of ether oxygens (including phenoxy) is 3. The summed E-state index contributed by atoms with van der Waals surface area (Å²) < 4.78 is 15.9. The number of hydrogen-bond acceptors (Lipinski definition) is 6. The van der Waals surface area contributed by atoms with Crippen LogP contribution in [-0.4, -0.2) is 49.6 Å². The monoisotopic (exact) mass is 473 g/mol. The molecule has 0 aliphatic carbocycles. The average molecular weight is 474 g/mol. The highest BCUT2D eigenvalue weighted by molar-refractivity contribution is 6.46. The van der Waals surface area contributed by atoms with Gasteiger partial charge in [0.25, 0.3) is 11.7 Å². The lowest BCUT2D eigenvalue weighted by atomic mass is 9.95. The van der Waals surface area contributed by atoms with Crippen molar-refractivity contribution in [3.05, 3.63) is 95.1 Å². The van der Waals surface area contributed by atoms with Crippen LogP contribution in [0.5, 0.6) is 17.2 Å². The van der Waals surface area contributed by atoms with E-state index in [2.05, 4.69) is 0 Å². The minimum atomic E-state index is -0.720. The van der Waals surface area contributed by atoms with E-state index in [1.165, 1.54) is 12.0 Å². The Hall–Kier alpha value is -4.26. The third-order valence-electron chi connectivity index (χ3n) is 6.09. The molecule has 1 N–H and O–H groups in total. The molecule has 0 unspecified atom stereocenters. The molecular weight excluding hydrogens is 446 g/mol. The molecule has 3 aromatic rings. The van der Waals surface area contributed by atoms with Crippen LogP contribution in [0.4, 0.5) is 0 Å². The number of aliphatic hydroxyl groups is 1. The number of amides is 1. The minimum absolute atomic E-state index is 0.0572. The van der Waals surface area contributed by atoms with Gasteiger partial charge in [-0.3, -0.25) is 9.59 Å². The van der Waals surface area contributed by atoms with Crippen molar-refractivity contribution in [3.8, 4) is 17.2 Å². The molecule has 180 valence electrons. The van der Waals surface area contributed by atoms with E-state index >= 15 is 0 Å². The molecule has 1 fully saturated rings. The zero-order chi connectivity index (χ0) is 24.9. The summed E-state index contributed by atoms with van der Waals surface area (Å²) in [5, 5.41) is 11.2. The number of likely N-dealkylation sites (tertiary alicyclic amines) is 1. The van der Waals surface area contributed by atoms with Gasteiger partial charge >= 0.3 is 0 Å². The second-order valence-corrected chi connectivity index (χ2v) is 8.07. The van der Waals surface area contributed by atoms with Gasteiger partial charge in [-0.05, 0) is 41.8 Å². The normalized spacial score (nSPS) is 16.9. The zero-order valence-electron chi connectivity index (χ0n) is 19.9. The fourth-order valence-corrected chi connectivity index (χ4v) is 4.30. The molecule has 7 nitrogen and oxygen atoms in total. The van der Waals surface area contributed by atoms with E-state index in [0.29, 0.717) is 29.2 Å². The van der Waals surface area contributed by atoms with Crippen molar-refractivity contribution in [1.29, 1.82) is 0 Å². The van der Waals surface area contributed by atoms with Crippen LogP contribution in [0.15, 0.2) is 78.4 Å². The van der Waals surface area contributed by atoms with Crippen molar-refractivity contribution >= 4 is 17.4 Å². The molecule has 1 amide bonds. The predicted octanol–water partition coefficient (Wildman–Crippen LogP) is 4.38. The third-order valence-corrected chi connectivity index (χ3v) is 6.09. The molecule has 3 aromatic carbocycles. The van der Waals surface area contributed by atoms with Crippen LogP contribution in [0.3, 0.4) is 0 Å². The number of Topliss-reactive ketones (excluding diaryl/α,β-unsaturated/α-hetero) is 1. The van der Waals surface area contributed by atoms with E-state index in [1.807, 2.05) is 42.5 Å². The van der Waals surface area contributed by atoms with E-state index in [0.717, 1.165) is 11.1 Å². The number of methoxy groups -OCH3 is 3. The molecule has 1 saturated heterocycles. The van der Waals surface area contributed by atoms with Crippen LogP contribution in [0.1, 0.15) is 22.7 Å². The summed E-state index contributed by atoms with van der Waals surface area (Å²) in [7, 11) is 4.66. The molecule has 35 heavy (non-hydrogen) atoms. The summed E-state index contributed by atoms with van der Waals surface area (Å²) in [6.45, 7) is 0.272. The van der Waals surface area contributed by atoms with E-state index in [-0.39, 0.29) is 17.9 Å². The molecule has 0 aromatic heterocycles. The summed E-state index contributed by atoms with van der Waals surface area (Å²) in [6.07, 6.45) is 0.482. The molecule has 0 spiro atoms. The predicted molar refractivity (Wildman–Crippen MR) is 132 cm³/mol. The van der Waals surface area contributed by atoms with Crippen molar-refractivity contribution in [3.63, 3.8) is 0 Å². The first-order valence-corrected chi connectivity index (χ1v) is 11.2. The van der Waals surface area contributed by atoms with Gasteiger partial charge in [-0.1, -0.05) is 48.5 Å². The summed E-state index contributed by atoms with van der Waals surface area (Å²) in [6, 6.07) is 20.8. The summed E-state index contributed by atoms with van der Waals surface area (Å²) in [4.78, 5) is 27.9. The number of rotatable bonds is 8.